The molecule has 1 atom stereocenters. The number of piperidine rings is 3. The fraction of sp³-hybridized carbons (Fsp3) is 0.529. The minimum Gasteiger partial charge on any atom is -0.380 e. The third-order valence-corrected chi connectivity index (χ3v) is 4.46. The summed E-state index contributed by atoms with van der Waals surface area (Å²) in [7, 11) is 1.69. The van der Waals surface area contributed by atoms with E-state index in [1.807, 2.05) is 24.3 Å². The van der Waals surface area contributed by atoms with E-state index < -0.39 is 5.60 Å². The van der Waals surface area contributed by atoms with Gasteiger partial charge in [0.05, 0.1) is 6.61 Å². The summed E-state index contributed by atoms with van der Waals surface area (Å²) in [5, 5.41) is 10.8. The predicted octanol–water partition coefficient (Wildman–Crippen LogP) is 1.64. The second kappa shape index (κ2) is 5.57. The zero-order valence-corrected chi connectivity index (χ0v) is 11.9. The van der Waals surface area contributed by atoms with Crippen LogP contribution in [0.2, 0.25) is 0 Å². The smallest absolute Gasteiger partial charge is 0.141 e. The number of rotatable bonds is 2. The standard InChI is InChI=1S/C17H21NO2/c1-20-12-15-5-3-2-4-14(15)6-9-17(19)13-18-10-7-16(17)8-11-18/h2-5,16,19H,7-8,10-13H2,1H3. The molecule has 3 saturated heterocycles. The lowest BCUT2D eigenvalue weighted by Gasteiger charge is -2.47. The topological polar surface area (TPSA) is 32.7 Å². The molecule has 3 heterocycles. The molecule has 1 unspecified atom stereocenters. The minimum atomic E-state index is -0.837. The summed E-state index contributed by atoms with van der Waals surface area (Å²) < 4.78 is 5.20. The Bertz CT molecular complexity index is 537. The molecule has 3 heteroatoms. The lowest BCUT2D eigenvalue weighted by Crippen LogP contribution is -2.58. The van der Waals surface area contributed by atoms with E-state index in [4.69, 9.17) is 4.74 Å². The monoisotopic (exact) mass is 271 g/mol. The van der Waals surface area contributed by atoms with E-state index in [-0.39, 0.29) is 0 Å². The van der Waals surface area contributed by atoms with Gasteiger partial charge in [-0.3, -0.25) is 4.90 Å². The number of ether oxygens (including phenoxy) is 1. The number of hydrogen-bond donors (Lipinski definition) is 1. The first-order valence-corrected chi connectivity index (χ1v) is 7.26. The predicted molar refractivity (Wildman–Crippen MR) is 78.1 cm³/mol. The van der Waals surface area contributed by atoms with E-state index in [1.54, 1.807) is 7.11 Å². The molecule has 0 radical (unpaired) electrons. The van der Waals surface area contributed by atoms with Crippen LogP contribution in [0.1, 0.15) is 24.0 Å². The van der Waals surface area contributed by atoms with Crippen LogP contribution < -0.4 is 0 Å². The van der Waals surface area contributed by atoms with Gasteiger partial charge < -0.3 is 9.84 Å². The third-order valence-electron chi connectivity index (χ3n) is 4.46. The van der Waals surface area contributed by atoms with Crippen LogP contribution in [-0.2, 0) is 11.3 Å². The molecule has 1 aromatic rings. The van der Waals surface area contributed by atoms with Gasteiger partial charge in [0.1, 0.15) is 5.60 Å². The van der Waals surface area contributed by atoms with Gasteiger partial charge in [0.25, 0.3) is 0 Å². The number of methoxy groups -OCH3 is 1. The molecule has 3 aliphatic heterocycles. The zero-order chi connectivity index (χ0) is 14.0. The second-order valence-electron chi connectivity index (χ2n) is 5.81. The van der Waals surface area contributed by atoms with Gasteiger partial charge in [0.15, 0.2) is 0 Å². The van der Waals surface area contributed by atoms with Crippen LogP contribution in [0.3, 0.4) is 0 Å². The molecule has 0 saturated carbocycles. The summed E-state index contributed by atoms with van der Waals surface area (Å²) in [5.41, 5.74) is 1.20. The summed E-state index contributed by atoms with van der Waals surface area (Å²) in [5.74, 6) is 6.67. The van der Waals surface area contributed by atoms with E-state index in [0.29, 0.717) is 19.1 Å². The Labute approximate surface area is 120 Å². The number of fused-ring (bicyclic) bond motifs is 3. The van der Waals surface area contributed by atoms with E-state index >= 15 is 0 Å². The first kappa shape index (κ1) is 13.6. The average Bonchev–Trinajstić information content (AvgIpc) is 2.48. The van der Waals surface area contributed by atoms with Crippen molar-refractivity contribution in [3.63, 3.8) is 0 Å². The van der Waals surface area contributed by atoms with Gasteiger partial charge >= 0.3 is 0 Å². The van der Waals surface area contributed by atoms with Crippen molar-refractivity contribution in [2.24, 2.45) is 5.92 Å². The lowest BCUT2D eigenvalue weighted by atomic mass is 9.75. The Balaban J connectivity index is 1.85. The van der Waals surface area contributed by atoms with Crippen LogP contribution in [-0.4, -0.2) is 42.4 Å². The van der Waals surface area contributed by atoms with Crippen molar-refractivity contribution in [2.45, 2.75) is 25.0 Å². The molecule has 3 nitrogen and oxygen atoms in total. The maximum absolute atomic E-state index is 10.8. The van der Waals surface area contributed by atoms with Gasteiger partial charge in [0.2, 0.25) is 0 Å². The average molecular weight is 271 g/mol. The van der Waals surface area contributed by atoms with Crippen molar-refractivity contribution in [1.82, 2.24) is 4.90 Å². The van der Waals surface area contributed by atoms with Crippen LogP contribution in [0.5, 0.6) is 0 Å². The number of nitrogens with zero attached hydrogens (tertiary/aromatic N) is 1. The molecule has 0 aliphatic carbocycles. The van der Waals surface area contributed by atoms with Gasteiger partial charge in [-0.1, -0.05) is 30.0 Å². The van der Waals surface area contributed by atoms with E-state index in [2.05, 4.69) is 16.7 Å². The van der Waals surface area contributed by atoms with Crippen molar-refractivity contribution in [3.8, 4) is 11.8 Å². The highest BCUT2D eigenvalue weighted by molar-refractivity contribution is 5.43. The largest absolute Gasteiger partial charge is 0.380 e. The molecule has 3 aliphatic rings. The van der Waals surface area contributed by atoms with Gasteiger partial charge in [-0.2, -0.15) is 0 Å². The van der Waals surface area contributed by atoms with Gasteiger partial charge in [-0.25, -0.2) is 0 Å². The molecular formula is C17H21NO2. The van der Waals surface area contributed by atoms with Gasteiger partial charge in [-0.05, 0) is 37.6 Å². The van der Waals surface area contributed by atoms with Gasteiger partial charge in [0, 0.05) is 25.1 Å². The van der Waals surface area contributed by atoms with Crippen molar-refractivity contribution >= 4 is 0 Å². The number of hydrogen-bond acceptors (Lipinski definition) is 3. The first-order valence-electron chi connectivity index (χ1n) is 7.26. The fourth-order valence-corrected chi connectivity index (χ4v) is 3.28. The maximum Gasteiger partial charge on any atom is 0.141 e. The summed E-state index contributed by atoms with van der Waals surface area (Å²) in [6, 6.07) is 7.98. The Morgan fingerprint density at radius 1 is 1.35 bits per heavy atom. The van der Waals surface area contributed by atoms with Crippen LogP contribution in [0.15, 0.2) is 24.3 Å². The minimum absolute atomic E-state index is 0.328. The number of benzene rings is 1. The summed E-state index contributed by atoms with van der Waals surface area (Å²) >= 11 is 0. The highest BCUT2D eigenvalue weighted by atomic mass is 16.5. The number of aliphatic hydroxyl groups is 1. The quantitative estimate of drug-likeness (QED) is 0.830. The zero-order valence-electron chi connectivity index (χ0n) is 11.9. The molecule has 1 aromatic carbocycles. The molecule has 106 valence electrons. The van der Waals surface area contributed by atoms with Crippen LogP contribution >= 0.6 is 0 Å². The second-order valence-corrected chi connectivity index (χ2v) is 5.81. The Morgan fingerprint density at radius 3 is 2.75 bits per heavy atom. The van der Waals surface area contributed by atoms with E-state index in [9.17, 15) is 5.11 Å². The van der Waals surface area contributed by atoms with Crippen molar-refractivity contribution in [2.75, 3.05) is 26.7 Å². The highest BCUT2D eigenvalue weighted by Gasteiger charge is 2.44. The molecule has 0 aromatic heterocycles. The molecule has 20 heavy (non-hydrogen) atoms. The van der Waals surface area contributed by atoms with Crippen molar-refractivity contribution in [1.29, 1.82) is 0 Å². The normalized spacial score (nSPS) is 31.7. The van der Waals surface area contributed by atoms with E-state index in [0.717, 1.165) is 37.1 Å². The SMILES string of the molecule is COCc1ccccc1C#CC1(O)CN2CCC1CC2. The lowest BCUT2D eigenvalue weighted by molar-refractivity contribution is -0.0713. The van der Waals surface area contributed by atoms with Gasteiger partial charge in [-0.15, -0.1) is 0 Å². The third kappa shape index (κ3) is 2.60. The Morgan fingerprint density at radius 2 is 2.10 bits per heavy atom. The molecule has 0 amide bonds. The highest BCUT2D eigenvalue weighted by Crippen LogP contribution is 2.35. The molecule has 0 spiro atoms. The molecule has 1 N–H and O–H groups in total. The summed E-state index contributed by atoms with van der Waals surface area (Å²) in [6.07, 6.45) is 2.12. The van der Waals surface area contributed by atoms with Crippen LogP contribution in [0.4, 0.5) is 0 Å². The van der Waals surface area contributed by atoms with Crippen molar-refractivity contribution in [3.05, 3.63) is 35.4 Å². The molecule has 2 bridgehead atoms. The molecule has 3 fully saturated rings. The molecule has 4 rings (SSSR count). The van der Waals surface area contributed by atoms with Crippen LogP contribution in [0.25, 0.3) is 0 Å². The fourth-order valence-electron chi connectivity index (χ4n) is 3.28. The first-order chi connectivity index (χ1) is 9.71. The summed E-state index contributed by atoms with van der Waals surface area (Å²) in [4.78, 5) is 2.32. The Kier molecular flexibility index (Phi) is 3.80. The Hall–Kier alpha value is -1.34. The maximum atomic E-state index is 10.8. The van der Waals surface area contributed by atoms with E-state index in [1.165, 1.54) is 0 Å². The van der Waals surface area contributed by atoms with Crippen molar-refractivity contribution < 1.29 is 9.84 Å². The summed E-state index contributed by atoms with van der Waals surface area (Å²) in [6.45, 7) is 3.46. The van der Waals surface area contributed by atoms with Crippen LogP contribution in [0, 0.1) is 17.8 Å². The molecular weight excluding hydrogens is 250 g/mol.